The largest absolute Gasteiger partial charge is 0.478 e. The Hall–Kier alpha value is -1.40. The van der Waals surface area contributed by atoms with E-state index < -0.39 is 5.97 Å². The molecule has 0 aliphatic heterocycles. The average molecular weight is 316 g/mol. The van der Waals surface area contributed by atoms with Crippen LogP contribution in [0.2, 0.25) is 0 Å². The van der Waals surface area contributed by atoms with Gasteiger partial charge in [0, 0.05) is 10.2 Å². The Morgan fingerprint density at radius 2 is 2.11 bits per heavy atom. The quantitative estimate of drug-likeness (QED) is 0.875. The molecule has 0 bridgehead atoms. The summed E-state index contributed by atoms with van der Waals surface area (Å²) in [5.41, 5.74) is 0.519. The molecule has 0 unspecified atom stereocenters. The fourth-order valence-corrected chi connectivity index (χ4v) is 1.62. The van der Waals surface area contributed by atoms with Gasteiger partial charge in [-0.05, 0) is 48.0 Å². The topological polar surface area (TPSA) is 75.6 Å². The van der Waals surface area contributed by atoms with Gasteiger partial charge in [0.25, 0.3) is 0 Å². The zero-order chi connectivity index (χ0) is 13.7. The highest BCUT2D eigenvalue weighted by Crippen LogP contribution is 2.21. The van der Waals surface area contributed by atoms with Crippen LogP contribution in [0.1, 0.15) is 24.2 Å². The smallest absolute Gasteiger partial charge is 0.336 e. The summed E-state index contributed by atoms with van der Waals surface area (Å²) in [5.74, 6) is -1.38. The number of carbonyl (C=O) groups is 2. The van der Waals surface area contributed by atoms with E-state index in [4.69, 9.17) is 9.84 Å². The normalized spacial score (nSPS) is 10.4. The summed E-state index contributed by atoms with van der Waals surface area (Å²) in [7, 11) is 0. The van der Waals surface area contributed by atoms with Crippen LogP contribution in [-0.4, -0.2) is 29.7 Å². The lowest BCUT2D eigenvalue weighted by atomic mass is 10.2. The molecule has 1 aromatic carbocycles. The number of hydrogen-bond acceptors (Lipinski definition) is 3. The first-order valence-electron chi connectivity index (χ1n) is 5.34. The standard InChI is InChI=1S/C12H14BrNO4/c1-7(2)18-6-11(15)14-8-3-4-10(13)9(5-8)12(16)17/h3-5,7H,6H2,1-2H3,(H,14,15)(H,16,17). The number of ether oxygens (including phenoxy) is 1. The second-order valence-electron chi connectivity index (χ2n) is 3.91. The first-order chi connectivity index (χ1) is 8.40. The third-order valence-electron chi connectivity index (χ3n) is 2.03. The van der Waals surface area contributed by atoms with E-state index in [1.165, 1.54) is 6.07 Å². The Morgan fingerprint density at radius 3 is 2.67 bits per heavy atom. The first-order valence-corrected chi connectivity index (χ1v) is 6.13. The molecule has 0 saturated heterocycles. The lowest BCUT2D eigenvalue weighted by Gasteiger charge is -2.09. The van der Waals surface area contributed by atoms with Crippen molar-refractivity contribution in [1.82, 2.24) is 0 Å². The molecule has 0 radical (unpaired) electrons. The van der Waals surface area contributed by atoms with Gasteiger partial charge in [0.2, 0.25) is 5.91 Å². The molecule has 18 heavy (non-hydrogen) atoms. The van der Waals surface area contributed by atoms with Crippen LogP contribution in [0.5, 0.6) is 0 Å². The highest BCUT2D eigenvalue weighted by Gasteiger charge is 2.10. The Bertz CT molecular complexity index is 459. The monoisotopic (exact) mass is 315 g/mol. The number of hydrogen-bond donors (Lipinski definition) is 2. The Kier molecular flexibility index (Phi) is 5.30. The number of halogens is 1. The average Bonchev–Trinajstić information content (AvgIpc) is 2.28. The van der Waals surface area contributed by atoms with Crippen molar-refractivity contribution >= 4 is 33.5 Å². The molecule has 2 N–H and O–H groups in total. The number of rotatable bonds is 5. The van der Waals surface area contributed by atoms with E-state index in [2.05, 4.69) is 21.2 Å². The second-order valence-corrected chi connectivity index (χ2v) is 4.76. The van der Waals surface area contributed by atoms with E-state index in [0.717, 1.165) is 0 Å². The maximum absolute atomic E-state index is 11.5. The van der Waals surface area contributed by atoms with Crippen molar-refractivity contribution in [1.29, 1.82) is 0 Å². The summed E-state index contributed by atoms with van der Waals surface area (Å²) in [4.78, 5) is 22.4. The number of nitrogens with one attached hydrogen (secondary N) is 1. The van der Waals surface area contributed by atoms with E-state index in [1.807, 2.05) is 13.8 Å². The molecular formula is C12H14BrNO4. The fraction of sp³-hybridized carbons (Fsp3) is 0.333. The van der Waals surface area contributed by atoms with Gasteiger partial charge in [0.05, 0.1) is 11.7 Å². The van der Waals surface area contributed by atoms with E-state index in [1.54, 1.807) is 12.1 Å². The number of benzene rings is 1. The molecule has 0 spiro atoms. The maximum atomic E-state index is 11.5. The van der Waals surface area contributed by atoms with Gasteiger partial charge in [-0.1, -0.05) is 0 Å². The number of carboxylic acids is 1. The van der Waals surface area contributed by atoms with E-state index >= 15 is 0 Å². The van der Waals surface area contributed by atoms with Crippen molar-refractivity contribution in [2.45, 2.75) is 20.0 Å². The number of amides is 1. The lowest BCUT2D eigenvalue weighted by molar-refractivity contribution is -0.121. The maximum Gasteiger partial charge on any atom is 0.336 e. The summed E-state index contributed by atoms with van der Waals surface area (Å²) in [6, 6.07) is 4.58. The number of carbonyl (C=O) groups excluding carboxylic acids is 1. The van der Waals surface area contributed by atoms with E-state index in [-0.39, 0.29) is 24.2 Å². The van der Waals surface area contributed by atoms with Gasteiger partial charge in [-0.25, -0.2) is 4.79 Å². The molecule has 98 valence electrons. The molecule has 0 aliphatic rings. The van der Waals surface area contributed by atoms with Crippen LogP contribution < -0.4 is 5.32 Å². The van der Waals surface area contributed by atoms with Crippen LogP contribution in [0, 0.1) is 0 Å². The van der Waals surface area contributed by atoms with Crippen molar-refractivity contribution in [2.24, 2.45) is 0 Å². The van der Waals surface area contributed by atoms with E-state index in [0.29, 0.717) is 10.2 Å². The van der Waals surface area contributed by atoms with Crippen LogP contribution in [0.4, 0.5) is 5.69 Å². The number of anilines is 1. The minimum atomic E-state index is -1.06. The van der Waals surface area contributed by atoms with Crippen molar-refractivity contribution in [3.05, 3.63) is 28.2 Å². The van der Waals surface area contributed by atoms with Gasteiger partial charge < -0.3 is 15.2 Å². The number of aromatic carboxylic acids is 1. The molecule has 1 aromatic rings. The van der Waals surface area contributed by atoms with Crippen molar-refractivity contribution in [3.63, 3.8) is 0 Å². The first kappa shape index (κ1) is 14.7. The van der Waals surface area contributed by atoms with Gasteiger partial charge in [-0.15, -0.1) is 0 Å². The van der Waals surface area contributed by atoms with Crippen molar-refractivity contribution in [3.8, 4) is 0 Å². The molecule has 0 atom stereocenters. The molecule has 1 rings (SSSR count). The molecule has 0 aromatic heterocycles. The Morgan fingerprint density at radius 1 is 1.44 bits per heavy atom. The zero-order valence-corrected chi connectivity index (χ0v) is 11.7. The van der Waals surface area contributed by atoms with Crippen LogP contribution in [0.15, 0.2) is 22.7 Å². The van der Waals surface area contributed by atoms with Crippen molar-refractivity contribution in [2.75, 3.05) is 11.9 Å². The van der Waals surface area contributed by atoms with Gasteiger partial charge >= 0.3 is 5.97 Å². The van der Waals surface area contributed by atoms with Crippen molar-refractivity contribution < 1.29 is 19.4 Å². The van der Waals surface area contributed by atoms with E-state index in [9.17, 15) is 9.59 Å². The number of carboxylic acid groups (broad SMARTS) is 1. The predicted molar refractivity (Wildman–Crippen MR) is 70.8 cm³/mol. The molecule has 1 amide bonds. The van der Waals surface area contributed by atoms with Crippen LogP contribution in [0.25, 0.3) is 0 Å². The summed E-state index contributed by atoms with van der Waals surface area (Å²) in [6.45, 7) is 3.60. The van der Waals surface area contributed by atoms with Crippen LogP contribution >= 0.6 is 15.9 Å². The molecule has 0 saturated carbocycles. The minimum absolute atomic E-state index is 0.0322. The van der Waals surface area contributed by atoms with Crippen LogP contribution in [0.3, 0.4) is 0 Å². The van der Waals surface area contributed by atoms with Crippen LogP contribution in [-0.2, 0) is 9.53 Å². The molecule has 6 heteroatoms. The van der Waals surface area contributed by atoms with Gasteiger partial charge in [0.15, 0.2) is 0 Å². The molecule has 5 nitrogen and oxygen atoms in total. The third kappa shape index (κ3) is 4.46. The van der Waals surface area contributed by atoms with Gasteiger partial charge in [-0.3, -0.25) is 4.79 Å². The third-order valence-corrected chi connectivity index (χ3v) is 2.72. The fourth-order valence-electron chi connectivity index (χ4n) is 1.21. The highest BCUT2D eigenvalue weighted by atomic mass is 79.9. The SMILES string of the molecule is CC(C)OCC(=O)Nc1ccc(Br)c(C(=O)O)c1. The highest BCUT2D eigenvalue weighted by molar-refractivity contribution is 9.10. The summed E-state index contributed by atoms with van der Waals surface area (Å²) in [5, 5.41) is 11.5. The lowest BCUT2D eigenvalue weighted by Crippen LogP contribution is -2.20. The molecule has 0 aliphatic carbocycles. The van der Waals surface area contributed by atoms with Gasteiger partial charge in [0.1, 0.15) is 6.61 Å². The predicted octanol–water partition coefficient (Wildman–Crippen LogP) is 2.51. The summed E-state index contributed by atoms with van der Waals surface area (Å²) < 4.78 is 5.60. The summed E-state index contributed by atoms with van der Waals surface area (Å²) in [6.07, 6.45) is -0.0322. The Labute approximate surface area is 113 Å². The molecular weight excluding hydrogens is 302 g/mol. The molecule has 0 heterocycles. The minimum Gasteiger partial charge on any atom is -0.478 e. The zero-order valence-electron chi connectivity index (χ0n) is 10.1. The Balaban J connectivity index is 2.70. The van der Waals surface area contributed by atoms with Gasteiger partial charge in [-0.2, -0.15) is 0 Å². The summed E-state index contributed by atoms with van der Waals surface area (Å²) >= 11 is 3.13. The molecule has 0 fully saturated rings. The second kappa shape index (κ2) is 6.51.